The van der Waals surface area contributed by atoms with Crippen molar-refractivity contribution in [2.75, 3.05) is 25.2 Å². The van der Waals surface area contributed by atoms with E-state index < -0.39 is 0 Å². The van der Waals surface area contributed by atoms with Crippen LogP contribution < -0.4 is 10.2 Å². The normalized spacial score (nSPS) is 15.6. The monoisotopic (exact) mass is 353 g/mol. The number of hydrogen-bond donors (Lipinski definition) is 1. The number of ether oxygens (including phenoxy) is 1. The van der Waals surface area contributed by atoms with Crippen molar-refractivity contribution in [3.63, 3.8) is 0 Å². The maximum Gasteiger partial charge on any atom is 0.260 e. The predicted octanol–water partition coefficient (Wildman–Crippen LogP) is 2.44. The summed E-state index contributed by atoms with van der Waals surface area (Å²) >= 11 is 0. The highest BCUT2D eigenvalue weighted by Gasteiger charge is 2.31. The van der Waals surface area contributed by atoms with Crippen LogP contribution in [0.15, 0.2) is 42.7 Å². The molecule has 2 amide bonds. The van der Waals surface area contributed by atoms with Gasteiger partial charge < -0.3 is 15.0 Å². The average molecular weight is 353 g/mol. The Morgan fingerprint density at radius 3 is 2.85 bits per heavy atom. The van der Waals surface area contributed by atoms with Crippen LogP contribution in [-0.2, 0) is 11.2 Å². The van der Waals surface area contributed by atoms with E-state index in [1.54, 1.807) is 18.1 Å². The molecular weight excluding hydrogens is 330 g/mol. The van der Waals surface area contributed by atoms with Crippen LogP contribution in [0, 0.1) is 0 Å². The van der Waals surface area contributed by atoms with E-state index in [9.17, 15) is 9.59 Å². The molecule has 3 rings (SSSR count). The van der Waals surface area contributed by atoms with E-state index in [0.717, 1.165) is 24.1 Å². The zero-order valence-corrected chi connectivity index (χ0v) is 15.1. The lowest BCUT2D eigenvalue weighted by Gasteiger charge is -2.22. The number of carbonyl (C=O) groups excluding carboxylic acids is 2. The highest BCUT2D eigenvalue weighted by molar-refractivity contribution is 6.08. The second-order valence-electron chi connectivity index (χ2n) is 6.42. The summed E-state index contributed by atoms with van der Waals surface area (Å²) in [5, 5.41) is 2.81. The zero-order valence-electron chi connectivity index (χ0n) is 15.1. The molecule has 0 fully saturated rings. The van der Waals surface area contributed by atoms with Crippen LogP contribution in [0.2, 0.25) is 0 Å². The van der Waals surface area contributed by atoms with Crippen LogP contribution in [0.5, 0.6) is 0 Å². The molecule has 2 heterocycles. The molecule has 26 heavy (non-hydrogen) atoms. The molecule has 0 saturated heterocycles. The topological polar surface area (TPSA) is 71.5 Å². The van der Waals surface area contributed by atoms with Gasteiger partial charge in [0.1, 0.15) is 0 Å². The van der Waals surface area contributed by atoms with Crippen molar-refractivity contribution in [3.8, 4) is 0 Å². The number of pyridine rings is 1. The van der Waals surface area contributed by atoms with E-state index in [-0.39, 0.29) is 17.9 Å². The van der Waals surface area contributed by atoms with Crippen LogP contribution in [0.4, 0.5) is 5.69 Å². The molecule has 1 atom stereocenters. The largest absolute Gasteiger partial charge is 0.385 e. The van der Waals surface area contributed by atoms with Crippen molar-refractivity contribution in [3.05, 3.63) is 59.4 Å². The van der Waals surface area contributed by atoms with Gasteiger partial charge in [-0.3, -0.25) is 14.6 Å². The first-order valence-corrected chi connectivity index (χ1v) is 8.75. The number of nitrogens with zero attached hydrogens (tertiary/aromatic N) is 2. The number of hydrogen-bond acceptors (Lipinski definition) is 4. The SMILES string of the molecule is COCCCNC(=O)c1cncc(C(=O)N2c3ccccc3CC2C)c1. The van der Waals surface area contributed by atoms with E-state index in [1.807, 2.05) is 31.2 Å². The fourth-order valence-electron chi connectivity index (χ4n) is 3.22. The molecule has 6 heteroatoms. The Hall–Kier alpha value is -2.73. The second-order valence-corrected chi connectivity index (χ2v) is 6.42. The fraction of sp³-hybridized carbons (Fsp3) is 0.350. The minimum absolute atomic E-state index is 0.0754. The number of rotatable bonds is 6. The van der Waals surface area contributed by atoms with Crippen molar-refractivity contribution in [1.29, 1.82) is 0 Å². The van der Waals surface area contributed by atoms with Gasteiger partial charge in [0.15, 0.2) is 0 Å². The first kappa shape index (κ1) is 18.1. The summed E-state index contributed by atoms with van der Waals surface area (Å²) in [4.78, 5) is 31.2. The quantitative estimate of drug-likeness (QED) is 0.810. The molecule has 2 aromatic rings. The molecule has 0 saturated carbocycles. The number of amides is 2. The number of benzene rings is 1. The first-order chi connectivity index (χ1) is 12.6. The van der Waals surface area contributed by atoms with Gasteiger partial charge in [0, 0.05) is 44.4 Å². The summed E-state index contributed by atoms with van der Waals surface area (Å²) in [5.41, 5.74) is 2.89. The molecule has 1 N–H and O–H groups in total. The number of para-hydroxylation sites is 1. The average Bonchev–Trinajstić information content (AvgIpc) is 3.00. The summed E-state index contributed by atoms with van der Waals surface area (Å²) in [6, 6.07) is 9.59. The number of anilines is 1. The van der Waals surface area contributed by atoms with Crippen molar-refractivity contribution >= 4 is 17.5 Å². The van der Waals surface area contributed by atoms with Crippen LogP contribution in [0.25, 0.3) is 0 Å². The Bertz CT molecular complexity index is 806. The molecule has 1 unspecified atom stereocenters. The molecule has 1 aliphatic rings. The smallest absolute Gasteiger partial charge is 0.260 e. The standard InChI is InChI=1S/C20H23N3O3/c1-14-10-15-6-3-4-7-18(15)23(14)20(25)17-11-16(12-21-13-17)19(24)22-8-5-9-26-2/h3-4,6-7,11-14H,5,8-10H2,1-2H3,(H,22,24). The highest BCUT2D eigenvalue weighted by Crippen LogP contribution is 2.32. The molecule has 0 bridgehead atoms. The van der Waals surface area contributed by atoms with Gasteiger partial charge in [-0.05, 0) is 37.5 Å². The minimum atomic E-state index is -0.238. The lowest BCUT2D eigenvalue weighted by atomic mass is 10.1. The Labute approximate surface area is 153 Å². The summed E-state index contributed by atoms with van der Waals surface area (Å²) in [7, 11) is 1.62. The number of nitrogens with one attached hydrogen (secondary N) is 1. The van der Waals surface area contributed by atoms with Crippen LogP contribution in [-0.4, -0.2) is 43.1 Å². The van der Waals surface area contributed by atoms with Gasteiger partial charge in [0.25, 0.3) is 11.8 Å². The third-order valence-corrected chi connectivity index (χ3v) is 4.48. The fourth-order valence-corrected chi connectivity index (χ4v) is 3.22. The molecule has 1 aliphatic heterocycles. The minimum Gasteiger partial charge on any atom is -0.385 e. The van der Waals surface area contributed by atoms with Crippen molar-refractivity contribution in [2.24, 2.45) is 0 Å². The predicted molar refractivity (Wildman–Crippen MR) is 99.5 cm³/mol. The molecule has 1 aromatic heterocycles. The van der Waals surface area contributed by atoms with Gasteiger partial charge in [-0.25, -0.2) is 0 Å². The molecule has 0 aliphatic carbocycles. The van der Waals surface area contributed by atoms with Gasteiger partial charge in [-0.2, -0.15) is 0 Å². The van der Waals surface area contributed by atoms with Crippen LogP contribution in [0.1, 0.15) is 39.6 Å². The molecule has 1 aromatic carbocycles. The van der Waals surface area contributed by atoms with E-state index in [0.29, 0.717) is 24.3 Å². The summed E-state index contributed by atoms with van der Waals surface area (Å²) in [6.45, 7) is 3.13. The van der Waals surface area contributed by atoms with Crippen molar-refractivity contribution in [1.82, 2.24) is 10.3 Å². The van der Waals surface area contributed by atoms with E-state index in [1.165, 1.54) is 12.4 Å². The number of carbonyl (C=O) groups is 2. The van der Waals surface area contributed by atoms with Crippen LogP contribution in [0.3, 0.4) is 0 Å². The van der Waals surface area contributed by atoms with Crippen molar-refractivity contribution in [2.45, 2.75) is 25.8 Å². The van der Waals surface area contributed by atoms with Gasteiger partial charge in [0.2, 0.25) is 0 Å². The highest BCUT2D eigenvalue weighted by atomic mass is 16.5. The van der Waals surface area contributed by atoms with Crippen molar-refractivity contribution < 1.29 is 14.3 Å². The van der Waals surface area contributed by atoms with Gasteiger partial charge in [-0.15, -0.1) is 0 Å². The van der Waals surface area contributed by atoms with E-state index >= 15 is 0 Å². The lowest BCUT2D eigenvalue weighted by Crippen LogP contribution is -2.36. The van der Waals surface area contributed by atoms with Gasteiger partial charge in [0.05, 0.1) is 11.1 Å². The molecule has 136 valence electrons. The molecule has 0 spiro atoms. The van der Waals surface area contributed by atoms with E-state index in [4.69, 9.17) is 4.74 Å². The molecular formula is C20H23N3O3. The summed E-state index contributed by atoms with van der Waals surface area (Å²) in [6.07, 6.45) is 4.55. The Morgan fingerprint density at radius 2 is 2.04 bits per heavy atom. The number of methoxy groups -OCH3 is 1. The Morgan fingerprint density at radius 1 is 1.27 bits per heavy atom. The van der Waals surface area contributed by atoms with Gasteiger partial charge >= 0.3 is 0 Å². The van der Waals surface area contributed by atoms with E-state index in [2.05, 4.69) is 10.3 Å². The number of aromatic nitrogens is 1. The molecule has 0 radical (unpaired) electrons. The number of fused-ring (bicyclic) bond motifs is 1. The lowest BCUT2D eigenvalue weighted by molar-refractivity contribution is 0.0948. The third kappa shape index (κ3) is 3.75. The zero-order chi connectivity index (χ0) is 18.5. The first-order valence-electron chi connectivity index (χ1n) is 8.75. The summed E-state index contributed by atoms with van der Waals surface area (Å²) < 4.78 is 4.96. The maximum atomic E-state index is 13.0. The maximum absolute atomic E-state index is 13.0. The second kappa shape index (κ2) is 8.10. The molecule has 6 nitrogen and oxygen atoms in total. The van der Waals surface area contributed by atoms with Gasteiger partial charge in [-0.1, -0.05) is 18.2 Å². The van der Waals surface area contributed by atoms with Crippen LogP contribution >= 0.6 is 0 Å². The summed E-state index contributed by atoms with van der Waals surface area (Å²) in [5.74, 6) is -0.373. The Balaban J connectivity index is 1.76. The third-order valence-electron chi connectivity index (χ3n) is 4.48. The Kier molecular flexibility index (Phi) is 5.63.